The number of hydrogen-bond acceptors (Lipinski definition) is 4. The maximum Gasteiger partial charge on any atom is 0.229 e. The molecule has 0 bridgehead atoms. The molecule has 1 fully saturated rings. The summed E-state index contributed by atoms with van der Waals surface area (Å²) in [4.78, 5) is 17.1. The first-order valence-electron chi connectivity index (χ1n) is 4.84. The van der Waals surface area contributed by atoms with Gasteiger partial charge >= 0.3 is 0 Å². The molecule has 1 amide bonds. The molecule has 15 heavy (non-hydrogen) atoms. The Bertz CT molecular complexity index is 363. The van der Waals surface area contributed by atoms with Crippen LogP contribution in [0, 0.1) is 0 Å². The van der Waals surface area contributed by atoms with Gasteiger partial charge in [-0.25, -0.2) is 0 Å². The number of rotatable bonds is 2. The lowest BCUT2D eigenvalue weighted by Crippen LogP contribution is -2.25. The third-order valence-corrected chi connectivity index (χ3v) is 2.43. The van der Waals surface area contributed by atoms with Gasteiger partial charge in [-0.3, -0.25) is 9.78 Å². The van der Waals surface area contributed by atoms with Crippen LogP contribution in [0.25, 0.3) is 0 Å². The summed E-state index contributed by atoms with van der Waals surface area (Å²) in [6.07, 6.45) is 1.24. The number of aromatic nitrogens is 1. The van der Waals surface area contributed by atoms with Crippen molar-refractivity contribution >= 4 is 11.6 Å². The molecule has 0 radical (unpaired) electrons. The van der Waals surface area contributed by atoms with Gasteiger partial charge in [0, 0.05) is 6.54 Å². The lowest BCUT2D eigenvalue weighted by Gasteiger charge is -2.15. The number of hydrogen-bond donors (Lipinski definition) is 2. The number of nitrogens with zero attached hydrogens (tertiary/aromatic N) is 2. The largest absolute Gasteiger partial charge is 0.391 e. The SMILES string of the molecule is NCc1ccc(N2CC(O)CC2=O)cn1. The van der Waals surface area contributed by atoms with Gasteiger partial charge in [0.05, 0.1) is 36.6 Å². The zero-order chi connectivity index (χ0) is 10.8. The van der Waals surface area contributed by atoms with Crippen molar-refractivity contribution in [3.63, 3.8) is 0 Å². The fraction of sp³-hybridized carbons (Fsp3) is 0.400. The summed E-state index contributed by atoms with van der Waals surface area (Å²) in [6.45, 7) is 0.735. The van der Waals surface area contributed by atoms with Crippen molar-refractivity contribution in [2.75, 3.05) is 11.4 Å². The van der Waals surface area contributed by atoms with Crippen LogP contribution in [-0.2, 0) is 11.3 Å². The Hall–Kier alpha value is -1.46. The van der Waals surface area contributed by atoms with Crippen molar-refractivity contribution in [1.82, 2.24) is 4.98 Å². The van der Waals surface area contributed by atoms with Crippen LogP contribution >= 0.6 is 0 Å². The van der Waals surface area contributed by atoms with Gasteiger partial charge in [-0.05, 0) is 12.1 Å². The Morgan fingerprint density at radius 2 is 2.40 bits per heavy atom. The Labute approximate surface area is 87.5 Å². The van der Waals surface area contributed by atoms with Gasteiger partial charge in [0.25, 0.3) is 0 Å². The molecular formula is C10H13N3O2. The first kappa shape index (κ1) is 10.1. The number of β-amino-alcohol motifs (C(OH)–C–C–N with tert-alkyl or cyclic N) is 1. The normalized spacial score (nSPS) is 21.1. The number of nitrogens with two attached hydrogens (primary N) is 1. The molecule has 80 valence electrons. The molecule has 2 heterocycles. The Morgan fingerprint density at radius 1 is 1.60 bits per heavy atom. The highest BCUT2D eigenvalue weighted by Gasteiger charge is 2.28. The Balaban J connectivity index is 2.19. The van der Waals surface area contributed by atoms with Crippen LogP contribution in [0.4, 0.5) is 5.69 Å². The summed E-state index contributed by atoms with van der Waals surface area (Å²) in [6, 6.07) is 3.58. The summed E-state index contributed by atoms with van der Waals surface area (Å²) in [5.41, 5.74) is 6.92. The second-order valence-corrected chi connectivity index (χ2v) is 3.57. The maximum atomic E-state index is 11.5. The molecule has 0 aliphatic carbocycles. The first-order valence-corrected chi connectivity index (χ1v) is 4.84. The van der Waals surface area contributed by atoms with Crippen LogP contribution in [0.5, 0.6) is 0 Å². The number of carbonyl (C=O) groups is 1. The molecule has 1 aromatic rings. The van der Waals surface area contributed by atoms with Crippen LogP contribution in [-0.4, -0.2) is 28.6 Å². The van der Waals surface area contributed by atoms with Crippen molar-refractivity contribution in [3.8, 4) is 0 Å². The van der Waals surface area contributed by atoms with E-state index in [0.29, 0.717) is 18.8 Å². The molecule has 1 saturated heterocycles. The second kappa shape index (κ2) is 3.96. The number of carbonyl (C=O) groups excluding carboxylic acids is 1. The van der Waals surface area contributed by atoms with Gasteiger partial charge in [0.1, 0.15) is 0 Å². The number of amides is 1. The number of aliphatic hydroxyl groups excluding tert-OH is 1. The highest BCUT2D eigenvalue weighted by molar-refractivity contribution is 5.95. The van der Waals surface area contributed by atoms with E-state index < -0.39 is 6.10 Å². The van der Waals surface area contributed by atoms with E-state index in [1.165, 1.54) is 4.90 Å². The van der Waals surface area contributed by atoms with Gasteiger partial charge in [0.15, 0.2) is 0 Å². The molecule has 5 nitrogen and oxygen atoms in total. The lowest BCUT2D eigenvalue weighted by molar-refractivity contribution is -0.117. The smallest absolute Gasteiger partial charge is 0.229 e. The molecule has 0 aromatic carbocycles. The fourth-order valence-corrected chi connectivity index (χ4v) is 1.64. The topological polar surface area (TPSA) is 79.5 Å². The molecule has 2 rings (SSSR count). The van der Waals surface area contributed by atoms with E-state index in [-0.39, 0.29) is 12.3 Å². The van der Waals surface area contributed by atoms with Crippen LogP contribution in [0.1, 0.15) is 12.1 Å². The lowest BCUT2D eigenvalue weighted by atomic mass is 10.3. The van der Waals surface area contributed by atoms with Gasteiger partial charge in [-0.1, -0.05) is 0 Å². The molecule has 0 saturated carbocycles. The minimum absolute atomic E-state index is 0.0650. The molecule has 3 N–H and O–H groups in total. The average Bonchev–Trinajstić information content (AvgIpc) is 2.58. The molecule has 1 unspecified atom stereocenters. The van der Waals surface area contributed by atoms with E-state index in [1.54, 1.807) is 18.3 Å². The molecule has 5 heteroatoms. The van der Waals surface area contributed by atoms with E-state index in [1.807, 2.05) is 0 Å². The fourth-order valence-electron chi connectivity index (χ4n) is 1.64. The average molecular weight is 207 g/mol. The maximum absolute atomic E-state index is 11.5. The minimum atomic E-state index is -0.563. The van der Waals surface area contributed by atoms with Gasteiger partial charge in [-0.15, -0.1) is 0 Å². The Morgan fingerprint density at radius 3 is 2.87 bits per heavy atom. The summed E-state index contributed by atoms with van der Waals surface area (Å²) in [7, 11) is 0. The summed E-state index contributed by atoms with van der Waals surface area (Å²) >= 11 is 0. The summed E-state index contributed by atoms with van der Waals surface area (Å²) in [5.74, 6) is -0.0650. The van der Waals surface area contributed by atoms with Gasteiger partial charge in [0.2, 0.25) is 5.91 Å². The minimum Gasteiger partial charge on any atom is -0.391 e. The zero-order valence-electron chi connectivity index (χ0n) is 8.26. The van der Waals surface area contributed by atoms with E-state index in [2.05, 4.69) is 4.98 Å². The van der Waals surface area contributed by atoms with Crippen LogP contribution < -0.4 is 10.6 Å². The third-order valence-electron chi connectivity index (χ3n) is 2.43. The predicted molar refractivity (Wildman–Crippen MR) is 55.1 cm³/mol. The highest BCUT2D eigenvalue weighted by Crippen LogP contribution is 2.20. The first-order chi connectivity index (χ1) is 7.20. The molecule has 0 spiro atoms. The summed E-state index contributed by atoms with van der Waals surface area (Å²) < 4.78 is 0. The van der Waals surface area contributed by atoms with Crippen LogP contribution in [0.2, 0.25) is 0 Å². The quantitative estimate of drug-likeness (QED) is 0.694. The summed E-state index contributed by atoms with van der Waals surface area (Å²) in [5, 5.41) is 9.33. The molecule has 1 atom stereocenters. The van der Waals surface area contributed by atoms with E-state index in [9.17, 15) is 9.90 Å². The van der Waals surface area contributed by atoms with E-state index in [0.717, 1.165) is 5.69 Å². The van der Waals surface area contributed by atoms with Crippen molar-refractivity contribution < 1.29 is 9.90 Å². The van der Waals surface area contributed by atoms with E-state index >= 15 is 0 Å². The monoisotopic (exact) mass is 207 g/mol. The van der Waals surface area contributed by atoms with Gasteiger partial charge < -0.3 is 15.7 Å². The zero-order valence-corrected chi connectivity index (χ0v) is 8.26. The number of aliphatic hydroxyl groups is 1. The molecule has 1 aliphatic rings. The Kier molecular flexibility index (Phi) is 2.66. The van der Waals surface area contributed by atoms with Crippen molar-refractivity contribution in [3.05, 3.63) is 24.0 Å². The van der Waals surface area contributed by atoms with E-state index in [4.69, 9.17) is 5.73 Å². The predicted octanol–water partition coefficient (Wildman–Crippen LogP) is -0.362. The standard InChI is InChI=1S/C10H13N3O2/c11-4-7-1-2-8(5-12-7)13-6-9(14)3-10(13)15/h1-2,5,9,14H,3-4,6,11H2. The van der Waals surface area contributed by atoms with Crippen molar-refractivity contribution in [1.29, 1.82) is 0 Å². The molecule has 1 aromatic heterocycles. The van der Waals surface area contributed by atoms with Gasteiger partial charge in [-0.2, -0.15) is 0 Å². The van der Waals surface area contributed by atoms with Crippen molar-refractivity contribution in [2.24, 2.45) is 5.73 Å². The number of anilines is 1. The molecule has 1 aliphatic heterocycles. The number of pyridine rings is 1. The molecular weight excluding hydrogens is 194 g/mol. The highest BCUT2D eigenvalue weighted by atomic mass is 16.3. The van der Waals surface area contributed by atoms with Crippen molar-refractivity contribution in [2.45, 2.75) is 19.1 Å². The van der Waals surface area contributed by atoms with Crippen LogP contribution in [0.3, 0.4) is 0 Å². The second-order valence-electron chi connectivity index (χ2n) is 3.57. The van der Waals surface area contributed by atoms with Crippen LogP contribution in [0.15, 0.2) is 18.3 Å². The third kappa shape index (κ3) is 1.98.